The van der Waals surface area contributed by atoms with E-state index in [1.807, 2.05) is 18.2 Å². The summed E-state index contributed by atoms with van der Waals surface area (Å²) >= 11 is 0. The minimum absolute atomic E-state index is 1.17. The molecule has 0 unspecified atom stereocenters. The lowest BCUT2D eigenvalue weighted by Gasteiger charge is -1.94. The van der Waals surface area contributed by atoms with Crippen molar-refractivity contribution < 1.29 is 0 Å². The summed E-state index contributed by atoms with van der Waals surface area (Å²) in [5, 5.41) is 0. The van der Waals surface area contributed by atoms with E-state index in [1.54, 1.807) is 0 Å². The lowest BCUT2D eigenvalue weighted by Crippen LogP contribution is -1.74. The summed E-state index contributed by atoms with van der Waals surface area (Å²) in [4.78, 5) is 0. The first kappa shape index (κ1) is 7.11. The third-order valence-electron chi connectivity index (χ3n) is 1.44. The van der Waals surface area contributed by atoms with Gasteiger partial charge in [0.15, 0.2) is 0 Å². The summed E-state index contributed by atoms with van der Waals surface area (Å²) in [5.41, 5.74) is 4.41. The lowest BCUT2D eigenvalue weighted by molar-refractivity contribution is 0.927. The fourth-order valence-electron chi connectivity index (χ4n) is 0.949. The van der Waals surface area contributed by atoms with Crippen LogP contribution in [0.4, 0.5) is 0 Å². The van der Waals surface area contributed by atoms with Crippen LogP contribution in [-0.2, 0) is 0 Å². The Morgan fingerprint density at radius 3 is 3.10 bits per heavy atom. The Morgan fingerprint density at radius 1 is 1.40 bits per heavy atom. The van der Waals surface area contributed by atoms with Crippen LogP contribution in [0, 0.1) is 0 Å². The highest BCUT2D eigenvalue weighted by Crippen LogP contribution is 2.07. The van der Waals surface area contributed by atoms with E-state index >= 15 is 0 Å². The topological polar surface area (TPSA) is 0 Å². The molecule has 0 nitrogen and oxygen atoms in total. The van der Waals surface area contributed by atoms with Gasteiger partial charge in [-0.15, -0.1) is 5.73 Å². The smallest absolute Gasteiger partial charge is 0.0197 e. The van der Waals surface area contributed by atoms with Gasteiger partial charge in [-0.05, 0) is 24.1 Å². The molecule has 52 valence electrons. The Bertz CT molecular complexity index is 210. The zero-order valence-corrected chi connectivity index (χ0v) is 6.30. The standard InChI is InChI=1S/C10H12/c1-2-7-10-8-5-3-4-6-9-10/h3,5-6,8-9H,2,7H2,1H3. The minimum Gasteiger partial charge on any atom is -0.121 e. The van der Waals surface area contributed by atoms with Crippen LogP contribution in [0.15, 0.2) is 41.7 Å². The van der Waals surface area contributed by atoms with Crippen molar-refractivity contribution in [3.8, 4) is 0 Å². The summed E-state index contributed by atoms with van der Waals surface area (Å²) in [6.07, 6.45) is 12.6. The van der Waals surface area contributed by atoms with E-state index < -0.39 is 0 Å². The third-order valence-corrected chi connectivity index (χ3v) is 1.44. The van der Waals surface area contributed by atoms with E-state index in [0.29, 0.717) is 0 Å². The number of allylic oxidation sites excluding steroid dienone is 5. The summed E-state index contributed by atoms with van der Waals surface area (Å²) in [7, 11) is 0. The van der Waals surface area contributed by atoms with E-state index in [9.17, 15) is 0 Å². The second kappa shape index (κ2) is 3.92. The van der Waals surface area contributed by atoms with Crippen molar-refractivity contribution in [2.75, 3.05) is 0 Å². The zero-order valence-electron chi connectivity index (χ0n) is 6.30. The van der Waals surface area contributed by atoms with E-state index in [4.69, 9.17) is 0 Å². The SMILES string of the molecule is CCCC1=CC=C=CC=C1. The van der Waals surface area contributed by atoms with Gasteiger partial charge in [0.05, 0.1) is 0 Å². The molecule has 10 heavy (non-hydrogen) atoms. The molecular formula is C10H12. The largest absolute Gasteiger partial charge is 0.121 e. The molecule has 0 atom stereocenters. The van der Waals surface area contributed by atoms with Crippen LogP contribution in [0.5, 0.6) is 0 Å². The van der Waals surface area contributed by atoms with Crippen molar-refractivity contribution in [1.29, 1.82) is 0 Å². The van der Waals surface area contributed by atoms with Crippen LogP contribution >= 0.6 is 0 Å². The van der Waals surface area contributed by atoms with Gasteiger partial charge >= 0.3 is 0 Å². The van der Waals surface area contributed by atoms with Crippen LogP contribution in [0.3, 0.4) is 0 Å². The molecule has 0 fully saturated rings. The molecule has 0 saturated heterocycles. The van der Waals surface area contributed by atoms with Crippen LogP contribution in [-0.4, -0.2) is 0 Å². The normalized spacial score (nSPS) is 15.1. The fourth-order valence-corrected chi connectivity index (χ4v) is 0.949. The quantitative estimate of drug-likeness (QED) is 0.507. The summed E-state index contributed by atoms with van der Waals surface area (Å²) < 4.78 is 0. The van der Waals surface area contributed by atoms with Gasteiger partial charge in [-0.1, -0.05) is 31.6 Å². The number of rotatable bonds is 2. The van der Waals surface area contributed by atoms with Gasteiger partial charge in [-0.3, -0.25) is 0 Å². The van der Waals surface area contributed by atoms with Crippen molar-refractivity contribution in [2.24, 2.45) is 0 Å². The zero-order chi connectivity index (χ0) is 7.23. The molecule has 0 bridgehead atoms. The summed E-state index contributed by atoms with van der Waals surface area (Å²) in [6.45, 7) is 2.19. The van der Waals surface area contributed by atoms with Gasteiger partial charge in [-0.2, -0.15) is 0 Å². The van der Waals surface area contributed by atoms with Gasteiger partial charge in [0.1, 0.15) is 0 Å². The molecule has 0 aromatic rings. The van der Waals surface area contributed by atoms with Crippen molar-refractivity contribution in [1.82, 2.24) is 0 Å². The van der Waals surface area contributed by atoms with E-state index in [1.165, 1.54) is 18.4 Å². The molecule has 1 aliphatic carbocycles. The maximum atomic E-state index is 3.02. The molecule has 0 N–H and O–H groups in total. The number of hydrogen-bond acceptors (Lipinski definition) is 0. The predicted octanol–water partition coefficient (Wildman–Crippen LogP) is 2.99. The highest BCUT2D eigenvalue weighted by Gasteiger charge is 1.88. The molecule has 0 amide bonds. The average Bonchev–Trinajstić information content (AvgIpc) is 2.17. The molecule has 0 heterocycles. The molecule has 0 aromatic heterocycles. The van der Waals surface area contributed by atoms with Crippen molar-refractivity contribution in [2.45, 2.75) is 19.8 Å². The molecular weight excluding hydrogens is 120 g/mol. The van der Waals surface area contributed by atoms with Crippen LogP contribution in [0.1, 0.15) is 19.8 Å². The minimum atomic E-state index is 1.17. The fraction of sp³-hybridized carbons (Fsp3) is 0.300. The Hall–Kier alpha value is -1.00. The molecule has 0 aromatic carbocycles. The monoisotopic (exact) mass is 132 g/mol. The lowest BCUT2D eigenvalue weighted by atomic mass is 10.1. The van der Waals surface area contributed by atoms with Crippen LogP contribution < -0.4 is 0 Å². The molecule has 0 radical (unpaired) electrons. The third kappa shape index (κ3) is 2.08. The second-order valence-corrected chi connectivity index (χ2v) is 2.35. The predicted molar refractivity (Wildman–Crippen MR) is 44.8 cm³/mol. The van der Waals surface area contributed by atoms with Crippen molar-refractivity contribution >= 4 is 0 Å². The first-order valence-corrected chi connectivity index (χ1v) is 3.72. The first-order valence-electron chi connectivity index (χ1n) is 3.72. The van der Waals surface area contributed by atoms with Crippen LogP contribution in [0.25, 0.3) is 0 Å². The van der Waals surface area contributed by atoms with Gasteiger partial charge in [0.2, 0.25) is 0 Å². The van der Waals surface area contributed by atoms with Crippen molar-refractivity contribution in [3.05, 3.63) is 41.7 Å². The maximum absolute atomic E-state index is 3.02. The highest BCUT2D eigenvalue weighted by molar-refractivity contribution is 5.29. The molecule has 0 heteroatoms. The molecule has 1 rings (SSSR count). The Morgan fingerprint density at radius 2 is 2.30 bits per heavy atom. The average molecular weight is 132 g/mol. The van der Waals surface area contributed by atoms with E-state index in [0.717, 1.165) is 0 Å². The van der Waals surface area contributed by atoms with Gasteiger partial charge in [0, 0.05) is 0 Å². The highest BCUT2D eigenvalue weighted by atomic mass is 13.9. The molecule has 0 saturated carbocycles. The maximum Gasteiger partial charge on any atom is -0.0197 e. The second-order valence-electron chi connectivity index (χ2n) is 2.35. The number of hydrogen-bond donors (Lipinski definition) is 0. The van der Waals surface area contributed by atoms with Gasteiger partial charge in [-0.25, -0.2) is 0 Å². The summed E-state index contributed by atoms with van der Waals surface area (Å²) in [6, 6.07) is 0. The summed E-state index contributed by atoms with van der Waals surface area (Å²) in [5.74, 6) is 0. The molecule has 0 spiro atoms. The Kier molecular flexibility index (Phi) is 2.79. The molecule has 1 aliphatic rings. The van der Waals surface area contributed by atoms with E-state index in [-0.39, 0.29) is 0 Å². The van der Waals surface area contributed by atoms with Gasteiger partial charge in [0.25, 0.3) is 0 Å². The Balaban J connectivity index is 2.62. The Labute approximate surface area is 62.3 Å². The first-order chi connectivity index (χ1) is 4.93. The van der Waals surface area contributed by atoms with Crippen molar-refractivity contribution in [3.63, 3.8) is 0 Å². The van der Waals surface area contributed by atoms with E-state index in [2.05, 4.69) is 24.8 Å². The van der Waals surface area contributed by atoms with Crippen LogP contribution in [0.2, 0.25) is 0 Å². The molecule has 0 aliphatic heterocycles. The van der Waals surface area contributed by atoms with Gasteiger partial charge < -0.3 is 0 Å².